The minimum atomic E-state index is -0.278. The van der Waals surface area contributed by atoms with Crippen molar-refractivity contribution in [1.82, 2.24) is 0 Å². The van der Waals surface area contributed by atoms with Crippen molar-refractivity contribution in [3.8, 4) is 11.8 Å². The van der Waals surface area contributed by atoms with E-state index in [1.165, 1.54) is 23.9 Å². The van der Waals surface area contributed by atoms with Gasteiger partial charge in [0.25, 0.3) is 0 Å². The first-order valence-corrected chi connectivity index (χ1v) is 6.67. The molecule has 0 unspecified atom stereocenters. The Hall–Kier alpha value is -1.99. The number of hydrogen-bond acceptors (Lipinski definition) is 3. The SMILES string of the molecule is COc1ccc(SCc2cc(C#N)ccc2F)cc1. The molecule has 2 rings (SSSR count). The monoisotopic (exact) mass is 273 g/mol. The Labute approximate surface area is 115 Å². The van der Waals surface area contributed by atoms with Gasteiger partial charge in [-0.3, -0.25) is 0 Å². The Kier molecular flexibility index (Phi) is 4.43. The zero-order chi connectivity index (χ0) is 13.7. The summed E-state index contributed by atoms with van der Waals surface area (Å²) in [7, 11) is 1.62. The van der Waals surface area contributed by atoms with E-state index >= 15 is 0 Å². The van der Waals surface area contributed by atoms with Crippen molar-refractivity contribution in [2.75, 3.05) is 7.11 Å². The summed E-state index contributed by atoms with van der Waals surface area (Å²) in [5.74, 6) is 1.01. The van der Waals surface area contributed by atoms with Crippen molar-refractivity contribution in [2.45, 2.75) is 10.6 Å². The first kappa shape index (κ1) is 13.4. The summed E-state index contributed by atoms with van der Waals surface area (Å²) in [6.07, 6.45) is 0. The molecule has 0 amide bonds. The maximum absolute atomic E-state index is 13.6. The van der Waals surface area contributed by atoms with Crippen LogP contribution in [0.15, 0.2) is 47.4 Å². The van der Waals surface area contributed by atoms with E-state index in [-0.39, 0.29) is 5.82 Å². The highest BCUT2D eigenvalue weighted by atomic mass is 32.2. The third-order valence-corrected chi connectivity index (χ3v) is 3.69. The predicted molar refractivity (Wildman–Crippen MR) is 73.7 cm³/mol. The van der Waals surface area contributed by atoms with Crippen LogP contribution in [0.25, 0.3) is 0 Å². The Bertz CT molecular complexity index is 605. The van der Waals surface area contributed by atoms with E-state index in [9.17, 15) is 4.39 Å². The number of methoxy groups -OCH3 is 1. The van der Waals surface area contributed by atoms with Gasteiger partial charge in [-0.05, 0) is 48.0 Å². The lowest BCUT2D eigenvalue weighted by atomic mass is 10.1. The average molecular weight is 273 g/mol. The zero-order valence-corrected chi connectivity index (χ0v) is 11.2. The third-order valence-electron chi connectivity index (χ3n) is 2.63. The molecule has 0 radical (unpaired) electrons. The molecular formula is C15H12FNOS. The number of rotatable bonds is 4. The van der Waals surface area contributed by atoms with Gasteiger partial charge < -0.3 is 4.74 Å². The van der Waals surface area contributed by atoms with E-state index in [1.54, 1.807) is 13.2 Å². The van der Waals surface area contributed by atoms with E-state index in [0.29, 0.717) is 16.9 Å². The van der Waals surface area contributed by atoms with Crippen LogP contribution in [0.3, 0.4) is 0 Å². The molecule has 0 aliphatic heterocycles. The smallest absolute Gasteiger partial charge is 0.127 e. The number of ether oxygens (including phenoxy) is 1. The summed E-state index contributed by atoms with van der Waals surface area (Å²) in [6, 6.07) is 14.0. The van der Waals surface area contributed by atoms with Gasteiger partial charge >= 0.3 is 0 Å². The molecule has 2 aromatic rings. The fourth-order valence-corrected chi connectivity index (χ4v) is 2.46. The van der Waals surface area contributed by atoms with Gasteiger partial charge in [-0.15, -0.1) is 11.8 Å². The van der Waals surface area contributed by atoms with Crippen LogP contribution in [0.5, 0.6) is 5.75 Å². The van der Waals surface area contributed by atoms with Gasteiger partial charge in [-0.25, -0.2) is 4.39 Å². The summed E-state index contributed by atoms with van der Waals surface area (Å²) < 4.78 is 18.7. The lowest BCUT2D eigenvalue weighted by Crippen LogP contribution is -1.89. The van der Waals surface area contributed by atoms with E-state index in [0.717, 1.165) is 10.6 Å². The lowest BCUT2D eigenvalue weighted by Gasteiger charge is -2.05. The maximum atomic E-state index is 13.6. The van der Waals surface area contributed by atoms with E-state index in [1.807, 2.05) is 30.3 Å². The molecule has 0 aromatic heterocycles. The molecule has 0 saturated heterocycles. The molecule has 0 atom stereocenters. The van der Waals surface area contributed by atoms with Gasteiger partial charge in [0.1, 0.15) is 11.6 Å². The summed E-state index contributed by atoms with van der Waals surface area (Å²) in [5, 5.41) is 8.80. The number of hydrogen-bond donors (Lipinski definition) is 0. The normalized spacial score (nSPS) is 9.95. The van der Waals surface area contributed by atoms with Crippen LogP contribution >= 0.6 is 11.8 Å². The maximum Gasteiger partial charge on any atom is 0.127 e. The number of thioether (sulfide) groups is 1. The van der Waals surface area contributed by atoms with Crippen molar-refractivity contribution in [3.05, 3.63) is 59.4 Å². The number of halogens is 1. The highest BCUT2D eigenvalue weighted by Gasteiger charge is 2.05. The summed E-state index contributed by atoms with van der Waals surface area (Å²) >= 11 is 1.52. The molecule has 19 heavy (non-hydrogen) atoms. The fraction of sp³-hybridized carbons (Fsp3) is 0.133. The molecule has 0 aliphatic rings. The van der Waals surface area contributed by atoms with Crippen LogP contribution in [0.4, 0.5) is 4.39 Å². The van der Waals surface area contributed by atoms with E-state index in [2.05, 4.69) is 0 Å². The first-order valence-electron chi connectivity index (χ1n) is 5.68. The van der Waals surface area contributed by atoms with Crippen LogP contribution in [0, 0.1) is 17.1 Å². The molecule has 0 saturated carbocycles. The van der Waals surface area contributed by atoms with Gasteiger partial charge in [-0.1, -0.05) is 0 Å². The number of nitriles is 1. The molecule has 0 bridgehead atoms. The van der Waals surface area contributed by atoms with Gasteiger partial charge in [0.2, 0.25) is 0 Å². The summed E-state index contributed by atoms with van der Waals surface area (Å²) in [4.78, 5) is 1.03. The Balaban J connectivity index is 2.07. The zero-order valence-electron chi connectivity index (χ0n) is 10.4. The van der Waals surface area contributed by atoms with E-state index < -0.39 is 0 Å². The van der Waals surface area contributed by atoms with Gasteiger partial charge in [-0.2, -0.15) is 5.26 Å². The molecule has 2 aromatic carbocycles. The van der Waals surface area contributed by atoms with Crippen LogP contribution in [0.1, 0.15) is 11.1 Å². The quantitative estimate of drug-likeness (QED) is 0.789. The van der Waals surface area contributed by atoms with Gasteiger partial charge in [0.15, 0.2) is 0 Å². The molecule has 0 aliphatic carbocycles. The van der Waals surface area contributed by atoms with E-state index in [4.69, 9.17) is 10.00 Å². The summed E-state index contributed by atoms with van der Waals surface area (Å²) in [5.41, 5.74) is 1.02. The topological polar surface area (TPSA) is 33.0 Å². The second-order valence-corrected chi connectivity index (χ2v) is 4.93. The van der Waals surface area contributed by atoms with Crippen molar-refractivity contribution >= 4 is 11.8 Å². The van der Waals surface area contributed by atoms with Crippen molar-refractivity contribution in [3.63, 3.8) is 0 Å². The van der Waals surface area contributed by atoms with Gasteiger partial charge in [0, 0.05) is 10.6 Å². The predicted octanol–water partition coefficient (Wildman–Crippen LogP) is 4.00. The van der Waals surface area contributed by atoms with Crippen molar-refractivity contribution in [2.24, 2.45) is 0 Å². The molecule has 2 nitrogen and oxygen atoms in total. The van der Waals surface area contributed by atoms with Crippen LogP contribution in [-0.4, -0.2) is 7.11 Å². The Morgan fingerprint density at radius 2 is 1.95 bits per heavy atom. The largest absolute Gasteiger partial charge is 0.497 e. The van der Waals surface area contributed by atoms with Crippen molar-refractivity contribution in [1.29, 1.82) is 5.26 Å². The third kappa shape index (κ3) is 3.49. The molecule has 0 fully saturated rings. The fourth-order valence-electron chi connectivity index (χ4n) is 1.59. The standard InChI is InChI=1S/C15H12FNOS/c1-18-13-3-5-14(6-4-13)19-10-12-8-11(9-17)2-7-15(12)16/h2-8H,10H2,1H3. The number of benzene rings is 2. The molecule has 0 N–H and O–H groups in total. The highest BCUT2D eigenvalue weighted by molar-refractivity contribution is 7.98. The van der Waals surface area contributed by atoms with Crippen molar-refractivity contribution < 1.29 is 9.13 Å². The average Bonchev–Trinajstić information content (AvgIpc) is 2.47. The number of nitrogens with zero attached hydrogens (tertiary/aromatic N) is 1. The lowest BCUT2D eigenvalue weighted by molar-refractivity contribution is 0.414. The summed E-state index contributed by atoms with van der Waals surface area (Å²) in [6.45, 7) is 0. The minimum absolute atomic E-state index is 0.278. The highest BCUT2D eigenvalue weighted by Crippen LogP contribution is 2.26. The molecular weight excluding hydrogens is 261 g/mol. The Morgan fingerprint density at radius 3 is 2.58 bits per heavy atom. The molecule has 0 heterocycles. The van der Waals surface area contributed by atoms with Gasteiger partial charge in [0.05, 0.1) is 18.7 Å². The molecule has 4 heteroatoms. The minimum Gasteiger partial charge on any atom is -0.497 e. The second kappa shape index (κ2) is 6.26. The van der Waals surface area contributed by atoms with Crippen LogP contribution in [0.2, 0.25) is 0 Å². The second-order valence-electron chi connectivity index (χ2n) is 3.88. The molecule has 0 spiro atoms. The first-order chi connectivity index (χ1) is 9.22. The van der Waals surface area contributed by atoms with Crippen LogP contribution < -0.4 is 4.74 Å². The Morgan fingerprint density at radius 1 is 1.21 bits per heavy atom. The van der Waals surface area contributed by atoms with Crippen LogP contribution in [-0.2, 0) is 5.75 Å². The molecule has 96 valence electrons.